The number of nitrogens with zero attached hydrogens (tertiary/aromatic N) is 1. The van der Waals surface area contributed by atoms with Gasteiger partial charge in [-0.15, -0.1) is 0 Å². The number of halogens is 1. The summed E-state index contributed by atoms with van der Waals surface area (Å²) >= 11 is 0. The van der Waals surface area contributed by atoms with Crippen molar-refractivity contribution in [2.45, 2.75) is 97.6 Å². The molecule has 1 aromatic carbocycles. The molecule has 146 valence electrons. The molecule has 0 N–H and O–H groups in total. The molecule has 0 amide bonds. The van der Waals surface area contributed by atoms with Crippen LogP contribution in [0.5, 0.6) is 0 Å². The van der Waals surface area contributed by atoms with E-state index in [-0.39, 0.29) is 12.4 Å². The quantitative estimate of drug-likeness (QED) is 0.345. The topological polar surface area (TPSA) is 0 Å². The van der Waals surface area contributed by atoms with E-state index < -0.39 is 0 Å². The van der Waals surface area contributed by atoms with Gasteiger partial charge in [0.2, 0.25) is 0 Å². The first-order valence-corrected chi connectivity index (χ1v) is 10.5. The molecule has 0 aromatic heterocycles. The van der Waals surface area contributed by atoms with Crippen molar-refractivity contribution in [3.05, 3.63) is 35.9 Å². The van der Waals surface area contributed by atoms with E-state index in [9.17, 15) is 0 Å². The van der Waals surface area contributed by atoms with Crippen molar-refractivity contribution in [3.8, 4) is 0 Å². The molecular formula is C23H42ClN. The van der Waals surface area contributed by atoms with Crippen LogP contribution in [0.15, 0.2) is 30.3 Å². The molecule has 1 nitrogen and oxygen atoms in total. The van der Waals surface area contributed by atoms with Crippen molar-refractivity contribution in [2.24, 2.45) is 0 Å². The number of quaternary nitrogens is 1. The number of unbranched alkanes of at least 4 members (excludes halogenated alkanes) is 9. The molecule has 0 heterocycles. The summed E-state index contributed by atoms with van der Waals surface area (Å²) in [5, 5.41) is 0. The lowest BCUT2D eigenvalue weighted by molar-refractivity contribution is -0.942. The summed E-state index contributed by atoms with van der Waals surface area (Å²) in [5.74, 6) is 0. The van der Waals surface area contributed by atoms with Crippen LogP contribution in [0, 0.1) is 0 Å². The van der Waals surface area contributed by atoms with Gasteiger partial charge in [0.1, 0.15) is 6.54 Å². The fourth-order valence-electron chi connectivity index (χ4n) is 3.48. The highest BCUT2D eigenvalue weighted by Gasteiger charge is 2.25. The first-order valence-electron chi connectivity index (χ1n) is 10.5. The normalized spacial score (nSPS) is 13.5. The molecule has 0 saturated heterocycles. The van der Waals surface area contributed by atoms with E-state index in [2.05, 4.69) is 58.2 Å². The van der Waals surface area contributed by atoms with Gasteiger partial charge in [-0.05, 0) is 26.7 Å². The second kappa shape index (κ2) is 14.6. The molecule has 0 saturated carbocycles. The molecule has 1 atom stereocenters. The van der Waals surface area contributed by atoms with Crippen LogP contribution in [0.2, 0.25) is 0 Å². The Morgan fingerprint density at radius 2 is 1.24 bits per heavy atom. The molecule has 0 fully saturated rings. The summed E-state index contributed by atoms with van der Waals surface area (Å²) in [7, 11) is 2.44. The molecule has 0 spiro atoms. The van der Waals surface area contributed by atoms with Crippen LogP contribution in [-0.4, -0.2) is 24.1 Å². The molecule has 0 aliphatic rings. The fourth-order valence-corrected chi connectivity index (χ4v) is 3.48. The van der Waals surface area contributed by atoms with E-state index >= 15 is 0 Å². The van der Waals surface area contributed by atoms with Crippen molar-refractivity contribution in [1.29, 1.82) is 0 Å². The van der Waals surface area contributed by atoms with Gasteiger partial charge in [0.15, 0.2) is 0 Å². The van der Waals surface area contributed by atoms with Gasteiger partial charge in [0.25, 0.3) is 0 Å². The highest BCUT2D eigenvalue weighted by atomic mass is 35.5. The van der Waals surface area contributed by atoms with E-state index in [4.69, 9.17) is 0 Å². The molecule has 1 rings (SSSR count). The van der Waals surface area contributed by atoms with Crippen LogP contribution < -0.4 is 12.4 Å². The van der Waals surface area contributed by atoms with Crippen LogP contribution in [-0.2, 0) is 6.54 Å². The number of benzene rings is 1. The Bertz CT molecular complexity index is 404. The molecule has 0 bridgehead atoms. The molecule has 2 heteroatoms. The van der Waals surface area contributed by atoms with Crippen LogP contribution in [0.1, 0.15) is 90.5 Å². The second-order valence-electron chi connectivity index (χ2n) is 8.12. The van der Waals surface area contributed by atoms with Gasteiger partial charge < -0.3 is 16.9 Å². The van der Waals surface area contributed by atoms with Gasteiger partial charge in [0, 0.05) is 5.56 Å². The first kappa shape index (κ1) is 24.5. The lowest BCUT2D eigenvalue weighted by Crippen LogP contribution is -3.00. The van der Waals surface area contributed by atoms with Crippen molar-refractivity contribution >= 4 is 0 Å². The van der Waals surface area contributed by atoms with E-state index in [0.717, 1.165) is 6.54 Å². The zero-order valence-electron chi connectivity index (χ0n) is 17.3. The van der Waals surface area contributed by atoms with Crippen LogP contribution >= 0.6 is 0 Å². The maximum Gasteiger partial charge on any atom is 0.104 e. The zero-order valence-corrected chi connectivity index (χ0v) is 18.0. The Morgan fingerprint density at radius 3 is 1.72 bits per heavy atom. The third kappa shape index (κ3) is 10.9. The highest BCUT2D eigenvalue weighted by Crippen LogP contribution is 2.19. The molecule has 0 aliphatic heterocycles. The average molecular weight is 368 g/mol. The largest absolute Gasteiger partial charge is 1.00 e. The summed E-state index contributed by atoms with van der Waals surface area (Å²) < 4.78 is 1.17. The molecular weight excluding hydrogens is 326 g/mol. The predicted octanol–water partition coefficient (Wildman–Crippen LogP) is 3.97. The smallest absolute Gasteiger partial charge is 0.104 e. The molecule has 25 heavy (non-hydrogen) atoms. The van der Waals surface area contributed by atoms with E-state index in [1.165, 1.54) is 80.8 Å². The van der Waals surface area contributed by atoms with E-state index in [1.807, 2.05) is 0 Å². The molecule has 1 aromatic rings. The van der Waals surface area contributed by atoms with Crippen molar-refractivity contribution in [3.63, 3.8) is 0 Å². The van der Waals surface area contributed by atoms with E-state index in [0.29, 0.717) is 6.04 Å². The number of hydrogen-bond donors (Lipinski definition) is 0. The summed E-state index contributed by atoms with van der Waals surface area (Å²) in [5.41, 5.74) is 1.47. The maximum absolute atomic E-state index is 2.44. The van der Waals surface area contributed by atoms with Crippen molar-refractivity contribution in [2.75, 3.05) is 13.6 Å². The minimum Gasteiger partial charge on any atom is -1.00 e. The standard InChI is InChI=1S/C23H42N.ClH/c1-5-6-7-8-9-10-11-12-13-17-20-24(4,22(2)3)21-23-18-15-14-16-19-23;/h14-16,18-19,22H,5-13,17,20-21H2,1-4H3;1H/q+1;/p-1. The third-order valence-corrected chi connectivity index (χ3v) is 5.66. The van der Waals surface area contributed by atoms with Crippen LogP contribution in [0.3, 0.4) is 0 Å². The van der Waals surface area contributed by atoms with Gasteiger partial charge in [-0.1, -0.05) is 88.6 Å². The van der Waals surface area contributed by atoms with Gasteiger partial charge in [-0.3, -0.25) is 0 Å². The number of hydrogen-bond acceptors (Lipinski definition) is 0. The summed E-state index contributed by atoms with van der Waals surface area (Å²) in [4.78, 5) is 0. The first-order chi connectivity index (χ1) is 11.6. The molecule has 0 radical (unpaired) electrons. The van der Waals surface area contributed by atoms with Gasteiger partial charge >= 0.3 is 0 Å². The van der Waals surface area contributed by atoms with Gasteiger partial charge in [0.05, 0.1) is 19.6 Å². The van der Waals surface area contributed by atoms with Crippen molar-refractivity contribution in [1.82, 2.24) is 0 Å². The third-order valence-electron chi connectivity index (χ3n) is 5.66. The Morgan fingerprint density at radius 1 is 0.760 bits per heavy atom. The monoisotopic (exact) mass is 367 g/mol. The fraction of sp³-hybridized carbons (Fsp3) is 0.739. The minimum atomic E-state index is 0. The molecule has 1 unspecified atom stereocenters. The minimum absolute atomic E-state index is 0. The Kier molecular flexibility index (Phi) is 14.3. The Labute approximate surface area is 164 Å². The van der Waals surface area contributed by atoms with E-state index in [1.54, 1.807) is 0 Å². The summed E-state index contributed by atoms with van der Waals surface area (Å²) in [6.07, 6.45) is 14.2. The number of rotatable bonds is 14. The average Bonchev–Trinajstić information content (AvgIpc) is 2.57. The Balaban J connectivity index is 0.00000576. The summed E-state index contributed by atoms with van der Waals surface area (Å²) in [6.45, 7) is 9.51. The van der Waals surface area contributed by atoms with Gasteiger partial charge in [-0.25, -0.2) is 0 Å². The van der Waals surface area contributed by atoms with Crippen LogP contribution in [0.4, 0.5) is 0 Å². The van der Waals surface area contributed by atoms with Gasteiger partial charge in [-0.2, -0.15) is 0 Å². The maximum atomic E-state index is 2.44. The predicted molar refractivity (Wildman–Crippen MR) is 108 cm³/mol. The zero-order chi connectivity index (χ0) is 17.7. The lowest BCUT2D eigenvalue weighted by Gasteiger charge is -2.39. The van der Waals surface area contributed by atoms with Crippen LogP contribution in [0.25, 0.3) is 0 Å². The highest BCUT2D eigenvalue weighted by molar-refractivity contribution is 5.13. The molecule has 0 aliphatic carbocycles. The summed E-state index contributed by atoms with van der Waals surface area (Å²) in [6, 6.07) is 11.7. The SMILES string of the molecule is CCCCCCCCCCCC[N+](C)(Cc1ccccc1)C(C)C.[Cl-]. The lowest BCUT2D eigenvalue weighted by atomic mass is 10.1. The second-order valence-corrected chi connectivity index (χ2v) is 8.12. The van der Waals surface area contributed by atoms with Crippen molar-refractivity contribution < 1.29 is 16.9 Å². The Hall–Kier alpha value is -0.530.